The molecule has 3 aromatic rings. The average molecular weight is 501 g/mol. The minimum absolute atomic E-state index is 0.00883. The van der Waals surface area contributed by atoms with E-state index in [1.54, 1.807) is 32.0 Å². The lowest BCUT2D eigenvalue weighted by atomic mass is 10.0. The molecule has 0 aliphatic heterocycles. The summed E-state index contributed by atoms with van der Waals surface area (Å²) in [6.45, 7) is 3.09. The van der Waals surface area contributed by atoms with Gasteiger partial charge in [-0.3, -0.25) is 16.1 Å². The third-order valence-corrected chi connectivity index (χ3v) is 5.16. The number of nitriles is 1. The highest BCUT2D eigenvalue weighted by Crippen LogP contribution is 2.31. The van der Waals surface area contributed by atoms with Crippen molar-refractivity contribution < 1.29 is 14.6 Å². The number of nitrogens with two attached hydrogens (primary N) is 2. The summed E-state index contributed by atoms with van der Waals surface area (Å²) < 4.78 is 11.2. The predicted octanol–water partition coefficient (Wildman–Crippen LogP) is 3.84. The van der Waals surface area contributed by atoms with Crippen molar-refractivity contribution in [2.45, 2.75) is 25.7 Å². The summed E-state index contributed by atoms with van der Waals surface area (Å²) in [4.78, 5) is 8.03. The summed E-state index contributed by atoms with van der Waals surface area (Å²) in [5, 5.41) is 28.5. The minimum Gasteiger partial charge on any atom is -0.474 e. The van der Waals surface area contributed by atoms with E-state index in [0.717, 1.165) is 0 Å². The van der Waals surface area contributed by atoms with Crippen molar-refractivity contribution in [2.24, 2.45) is 5.73 Å². The van der Waals surface area contributed by atoms with Gasteiger partial charge < -0.3 is 20.3 Å². The number of aliphatic hydroxyl groups is 1. The number of aromatic nitrogens is 2. The van der Waals surface area contributed by atoms with E-state index in [1.165, 1.54) is 24.7 Å². The van der Waals surface area contributed by atoms with Crippen LogP contribution < -0.4 is 20.9 Å². The maximum atomic E-state index is 9.83. The molecular formula is C23H22Cl2N6O3. The number of rotatable bonds is 8. The zero-order valence-electron chi connectivity index (χ0n) is 18.3. The third kappa shape index (κ3) is 5.92. The maximum absolute atomic E-state index is 9.83. The Morgan fingerprint density at radius 2 is 1.91 bits per heavy atom. The highest BCUT2D eigenvalue weighted by atomic mass is 35.5. The van der Waals surface area contributed by atoms with Crippen molar-refractivity contribution >= 4 is 34.6 Å². The molecule has 0 aliphatic rings. The second kappa shape index (κ2) is 10.2. The Hall–Kier alpha value is -3.42. The van der Waals surface area contributed by atoms with Crippen LogP contribution in [0.1, 0.15) is 42.3 Å². The van der Waals surface area contributed by atoms with Crippen LogP contribution in [0.5, 0.6) is 11.6 Å². The topological polar surface area (TPSA) is 164 Å². The van der Waals surface area contributed by atoms with Crippen molar-refractivity contribution in [3.63, 3.8) is 0 Å². The Morgan fingerprint density at radius 3 is 2.53 bits per heavy atom. The Bertz CT molecular complexity index is 1250. The molecule has 0 amide bonds. The van der Waals surface area contributed by atoms with Gasteiger partial charge in [0.1, 0.15) is 24.0 Å². The van der Waals surface area contributed by atoms with Crippen LogP contribution >= 0.6 is 23.2 Å². The second-order valence-electron chi connectivity index (χ2n) is 7.97. The van der Waals surface area contributed by atoms with Gasteiger partial charge in [0.2, 0.25) is 5.88 Å². The number of hydrogen-bond donors (Lipinski definition) is 4. The van der Waals surface area contributed by atoms with E-state index in [0.29, 0.717) is 28.1 Å². The molecule has 0 aliphatic carbocycles. The average Bonchev–Trinajstić information content (AvgIpc) is 2.77. The van der Waals surface area contributed by atoms with Gasteiger partial charge in [0, 0.05) is 41.0 Å². The zero-order valence-corrected chi connectivity index (χ0v) is 19.9. The molecule has 0 saturated carbocycles. The molecule has 0 unspecified atom stereocenters. The minimum atomic E-state index is -1.10. The van der Waals surface area contributed by atoms with E-state index in [-0.39, 0.29) is 33.8 Å². The molecule has 0 radical (unpaired) electrons. The first-order valence-corrected chi connectivity index (χ1v) is 10.7. The SMILES string of the molecule is CC(C)(O)COc1ncc(C(=N)c2cc(O[C@H](N)c3c(Cl)cncc3Cl)ccc2N)cc1C#N. The fourth-order valence-corrected chi connectivity index (χ4v) is 3.49. The summed E-state index contributed by atoms with van der Waals surface area (Å²) in [6, 6.07) is 8.17. The van der Waals surface area contributed by atoms with Crippen molar-refractivity contribution in [3.05, 3.63) is 75.2 Å². The lowest BCUT2D eigenvalue weighted by Crippen LogP contribution is -2.28. The zero-order chi connectivity index (χ0) is 25.0. The Morgan fingerprint density at radius 1 is 1.24 bits per heavy atom. The quantitative estimate of drug-likeness (QED) is 0.205. The molecule has 176 valence electrons. The van der Waals surface area contributed by atoms with Crippen LogP contribution in [0.25, 0.3) is 0 Å². The number of ether oxygens (including phenoxy) is 2. The Balaban J connectivity index is 1.87. The number of halogens is 2. The predicted molar refractivity (Wildman–Crippen MR) is 129 cm³/mol. The van der Waals surface area contributed by atoms with Gasteiger partial charge in [0.25, 0.3) is 0 Å². The number of nitrogens with zero attached hydrogens (tertiary/aromatic N) is 3. The van der Waals surface area contributed by atoms with Crippen LogP contribution in [-0.2, 0) is 0 Å². The van der Waals surface area contributed by atoms with Crippen molar-refractivity contribution in [1.29, 1.82) is 10.7 Å². The molecule has 2 heterocycles. The number of nitrogens with one attached hydrogen (secondary N) is 1. The summed E-state index contributed by atoms with van der Waals surface area (Å²) in [5.74, 6) is 0.382. The standard InChI is InChI=1S/C23H22Cl2N6O3/c1-23(2,32)11-33-22-12(7-26)5-13(8-31-22)20(28)15-6-14(3-4-18(15)27)34-21(29)19-16(24)9-30-10-17(19)25/h3-6,8-10,21,28,32H,11,27,29H2,1-2H3/t21-/m0/s1. The van der Waals surface area contributed by atoms with Gasteiger partial charge in [0.15, 0.2) is 6.23 Å². The van der Waals surface area contributed by atoms with Gasteiger partial charge in [-0.15, -0.1) is 0 Å². The van der Waals surface area contributed by atoms with E-state index in [9.17, 15) is 10.4 Å². The van der Waals surface area contributed by atoms with Gasteiger partial charge in [-0.1, -0.05) is 23.2 Å². The monoisotopic (exact) mass is 500 g/mol. The molecule has 0 saturated heterocycles. The summed E-state index contributed by atoms with van der Waals surface area (Å²) in [6.07, 6.45) is 3.21. The van der Waals surface area contributed by atoms with E-state index in [2.05, 4.69) is 9.97 Å². The molecule has 11 heteroatoms. The maximum Gasteiger partial charge on any atom is 0.231 e. The number of benzene rings is 1. The van der Waals surface area contributed by atoms with E-state index in [4.69, 9.17) is 49.6 Å². The van der Waals surface area contributed by atoms with E-state index >= 15 is 0 Å². The van der Waals surface area contributed by atoms with Crippen LogP contribution in [0.2, 0.25) is 10.0 Å². The molecule has 3 rings (SSSR count). The molecule has 0 fully saturated rings. The highest BCUT2D eigenvalue weighted by molar-refractivity contribution is 6.35. The molecule has 2 aromatic heterocycles. The van der Waals surface area contributed by atoms with Crippen LogP contribution in [0, 0.1) is 16.7 Å². The second-order valence-corrected chi connectivity index (χ2v) is 8.78. The molecule has 34 heavy (non-hydrogen) atoms. The lowest BCUT2D eigenvalue weighted by Gasteiger charge is -2.19. The van der Waals surface area contributed by atoms with Crippen LogP contribution in [0.15, 0.2) is 42.9 Å². The first-order valence-electron chi connectivity index (χ1n) is 9.95. The number of nitrogen functional groups attached to an aromatic ring is 1. The van der Waals surface area contributed by atoms with E-state index < -0.39 is 11.8 Å². The molecular weight excluding hydrogens is 479 g/mol. The molecule has 0 spiro atoms. The van der Waals surface area contributed by atoms with Crippen LogP contribution in [-0.4, -0.2) is 33.0 Å². The van der Waals surface area contributed by atoms with Gasteiger partial charge in [-0.05, 0) is 38.1 Å². The summed E-state index contributed by atoms with van der Waals surface area (Å²) in [5.41, 5.74) is 12.6. The van der Waals surface area contributed by atoms with E-state index in [1.807, 2.05) is 6.07 Å². The molecule has 9 nitrogen and oxygen atoms in total. The fraction of sp³-hybridized carbons (Fsp3) is 0.217. The molecule has 1 atom stereocenters. The molecule has 0 bridgehead atoms. The van der Waals surface area contributed by atoms with Gasteiger partial charge in [-0.2, -0.15) is 5.26 Å². The molecule has 6 N–H and O–H groups in total. The normalized spacial score (nSPS) is 12.0. The number of anilines is 1. The van der Waals surface area contributed by atoms with Crippen molar-refractivity contribution in [2.75, 3.05) is 12.3 Å². The lowest BCUT2D eigenvalue weighted by molar-refractivity contribution is 0.0267. The Kier molecular flexibility index (Phi) is 7.59. The van der Waals surface area contributed by atoms with Gasteiger partial charge in [-0.25, -0.2) is 4.98 Å². The summed E-state index contributed by atoms with van der Waals surface area (Å²) >= 11 is 12.3. The van der Waals surface area contributed by atoms with Gasteiger partial charge >= 0.3 is 0 Å². The smallest absolute Gasteiger partial charge is 0.231 e. The van der Waals surface area contributed by atoms with Crippen LogP contribution in [0.3, 0.4) is 0 Å². The number of pyridine rings is 2. The van der Waals surface area contributed by atoms with Crippen molar-refractivity contribution in [1.82, 2.24) is 9.97 Å². The van der Waals surface area contributed by atoms with Crippen LogP contribution in [0.4, 0.5) is 5.69 Å². The Labute approximate surface area is 206 Å². The highest BCUT2D eigenvalue weighted by Gasteiger charge is 2.20. The van der Waals surface area contributed by atoms with Gasteiger partial charge in [0.05, 0.1) is 21.4 Å². The van der Waals surface area contributed by atoms with Crippen molar-refractivity contribution in [3.8, 4) is 17.7 Å². The largest absolute Gasteiger partial charge is 0.474 e. The fourth-order valence-electron chi connectivity index (χ4n) is 2.91. The number of hydrogen-bond acceptors (Lipinski definition) is 9. The first kappa shape index (κ1) is 25.2. The molecule has 1 aromatic carbocycles. The first-order chi connectivity index (χ1) is 16.0. The summed E-state index contributed by atoms with van der Waals surface area (Å²) in [7, 11) is 0. The third-order valence-electron chi connectivity index (χ3n) is 4.55.